The summed E-state index contributed by atoms with van der Waals surface area (Å²) in [6, 6.07) is 7.89. The molecule has 0 radical (unpaired) electrons. The number of halogens is 1. The molecule has 1 atom stereocenters. The van der Waals surface area contributed by atoms with E-state index in [1.165, 1.54) is 32.1 Å². The molecule has 2 rings (SSSR count). The Hall–Kier alpha value is -0.380. The van der Waals surface area contributed by atoms with Crippen LogP contribution in [0.25, 0.3) is 0 Å². The van der Waals surface area contributed by atoms with Gasteiger partial charge in [-0.25, -0.2) is 0 Å². The first-order valence-electron chi connectivity index (χ1n) is 6.90. The zero-order valence-electron chi connectivity index (χ0n) is 10.7. The third-order valence-corrected chi connectivity index (χ3v) is 4.22. The Labute approximate surface area is 118 Å². The first kappa shape index (κ1) is 14.0. The number of nitrogens with one attached hydrogen (secondary N) is 1. The van der Waals surface area contributed by atoms with Crippen molar-refractivity contribution >= 4 is 15.9 Å². The number of aliphatic hydroxyl groups is 1. The first-order valence-corrected chi connectivity index (χ1v) is 7.69. The van der Waals surface area contributed by atoms with Gasteiger partial charge in [-0.2, -0.15) is 0 Å². The van der Waals surface area contributed by atoms with Crippen LogP contribution in [-0.4, -0.2) is 18.2 Å². The van der Waals surface area contributed by atoms with Crippen LogP contribution in [0.5, 0.6) is 0 Å². The second-order valence-corrected chi connectivity index (χ2v) is 6.15. The molecule has 2 N–H and O–H groups in total. The smallest absolute Gasteiger partial charge is 0.0914 e. The van der Waals surface area contributed by atoms with E-state index in [-0.39, 0.29) is 0 Å². The van der Waals surface area contributed by atoms with E-state index < -0.39 is 6.10 Å². The molecule has 0 spiro atoms. The fraction of sp³-hybridized carbons (Fsp3) is 0.600. The Bertz CT molecular complexity index is 363. The Morgan fingerprint density at radius 2 is 2.06 bits per heavy atom. The van der Waals surface area contributed by atoms with Crippen LogP contribution in [0.2, 0.25) is 0 Å². The summed E-state index contributed by atoms with van der Waals surface area (Å²) in [5.74, 6) is 0.813. The van der Waals surface area contributed by atoms with Crippen LogP contribution in [0.3, 0.4) is 0 Å². The summed E-state index contributed by atoms with van der Waals surface area (Å²) in [6.07, 6.45) is 6.43. The summed E-state index contributed by atoms with van der Waals surface area (Å²) in [5, 5.41) is 13.5. The summed E-state index contributed by atoms with van der Waals surface area (Å²) < 4.78 is 1.02. The maximum absolute atomic E-state index is 10.1. The molecular formula is C15H22BrNO. The van der Waals surface area contributed by atoms with E-state index in [9.17, 15) is 5.11 Å². The van der Waals surface area contributed by atoms with Crippen molar-refractivity contribution < 1.29 is 5.11 Å². The lowest BCUT2D eigenvalue weighted by Gasteiger charge is -2.22. The molecule has 2 nitrogen and oxygen atoms in total. The predicted molar refractivity (Wildman–Crippen MR) is 78.5 cm³/mol. The highest BCUT2D eigenvalue weighted by Crippen LogP contribution is 2.23. The molecule has 1 saturated carbocycles. The molecule has 1 aliphatic carbocycles. The molecule has 0 saturated heterocycles. The van der Waals surface area contributed by atoms with Gasteiger partial charge in [0.1, 0.15) is 0 Å². The molecule has 1 aromatic rings. The SMILES string of the molecule is OC(CNCC1CCCCC1)c1cccc(Br)c1. The van der Waals surface area contributed by atoms with Crippen LogP contribution in [-0.2, 0) is 0 Å². The molecule has 1 unspecified atom stereocenters. The summed E-state index contributed by atoms with van der Waals surface area (Å²) in [7, 11) is 0. The standard InChI is InChI=1S/C15H22BrNO/c16-14-8-4-7-13(9-14)15(18)11-17-10-12-5-2-1-3-6-12/h4,7-9,12,15,17-18H,1-3,5-6,10-11H2. The summed E-state index contributed by atoms with van der Waals surface area (Å²) in [6.45, 7) is 1.69. The van der Waals surface area contributed by atoms with E-state index in [0.29, 0.717) is 6.54 Å². The quantitative estimate of drug-likeness (QED) is 0.870. The van der Waals surface area contributed by atoms with Gasteiger partial charge < -0.3 is 10.4 Å². The Balaban J connectivity index is 1.72. The zero-order valence-corrected chi connectivity index (χ0v) is 12.3. The molecule has 1 aliphatic rings. The molecular weight excluding hydrogens is 290 g/mol. The van der Waals surface area contributed by atoms with Crippen molar-refractivity contribution in [1.29, 1.82) is 0 Å². The van der Waals surface area contributed by atoms with Gasteiger partial charge in [-0.3, -0.25) is 0 Å². The summed E-state index contributed by atoms with van der Waals surface area (Å²) in [5.41, 5.74) is 0.973. The van der Waals surface area contributed by atoms with Crippen LogP contribution in [0, 0.1) is 5.92 Å². The van der Waals surface area contributed by atoms with Gasteiger partial charge in [0.15, 0.2) is 0 Å². The van der Waals surface area contributed by atoms with Crippen molar-refractivity contribution in [3.8, 4) is 0 Å². The van der Waals surface area contributed by atoms with E-state index >= 15 is 0 Å². The number of hydrogen-bond acceptors (Lipinski definition) is 2. The van der Waals surface area contributed by atoms with E-state index in [4.69, 9.17) is 0 Å². The molecule has 0 aliphatic heterocycles. The highest BCUT2D eigenvalue weighted by atomic mass is 79.9. The van der Waals surface area contributed by atoms with E-state index in [1.807, 2.05) is 24.3 Å². The number of rotatable bonds is 5. The average Bonchev–Trinajstić information content (AvgIpc) is 2.40. The minimum Gasteiger partial charge on any atom is -0.387 e. The average molecular weight is 312 g/mol. The summed E-state index contributed by atoms with van der Waals surface area (Å²) >= 11 is 3.43. The fourth-order valence-corrected chi connectivity index (χ4v) is 3.06. The Kier molecular flexibility index (Phi) is 5.67. The highest BCUT2D eigenvalue weighted by molar-refractivity contribution is 9.10. The fourth-order valence-electron chi connectivity index (χ4n) is 2.65. The van der Waals surface area contributed by atoms with Crippen LogP contribution in [0.4, 0.5) is 0 Å². The molecule has 18 heavy (non-hydrogen) atoms. The van der Waals surface area contributed by atoms with Gasteiger partial charge in [0.25, 0.3) is 0 Å². The zero-order chi connectivity index (χ0) is 12.8. The van der Waals surface area contributed by atoms with Gasteiger partial charge in [-0.15, -0.1) is 0 Å². The van der Waals surface area contributed by atoms with Gasteiger partial charge in [0, 0.05) is 11.0 Å². The van der Waals surface area contributed by atoms with Crippen molar-refractivity contribution in [1.82, 2.24) is 5.32 Å². The molecule has 0 aromatic heterocycles. The molecule has 0 bridgehead atoms. The van der Waals surface area contributed by atoms with Crippen LogP contribution in [0.1, 0.15) is 43.8 Å². The van der Waals surface area contributed by atoms with Crippen molar-refractivity contribution in [2.75, 3.05) is 13.1 Å². The van der Waals surface area contributed by atoms with Gasteiger partial charge in [0.05, 0.1) is 6.10 Å². The molecule has 0 amide bonds. The van der Waals surface area contributed by atoms with Crippen LogP contribution in [0.15, 0.2) is 28.7 Å². The lowest BCUT2D eigenvalue weighted by molar-refractivity contribution is 0.171. The maximum atomic E-state index is 10.1. The van der Waals surface area contributed by atoms with Gasteiger partial charge in [-0.05, 0) is 43.0 Å². The second-order valence-electron chi connectivity index (χ2n) is 5.23. The summed E-state index contributed by atoms with van der Waals surface area (Å²) in [4.78, 5) is 0. The van der Waals surface area contributed by atoms with Gasteiger partial charge in [-0.1, -0.05) is 47.3 Å². The number of benzene rings is 1. The van der Waals surface area contributed by atoms with Crippen molar-refractivity contribution in [3.05, 3.63) is 34.3 Å². The van der Waals surface area contributed by atoms with E-state index in [0.717, 1.165) is 22.5 Å². The highest BCUT2D eigenvalue weighted by Gasteiger charge is 2.14. The van der Waals surface area contributed by atoms with Gasteiger partial charge in [0.2, 0.25) is 0 Å². The molecule has 100 valence electrons. The second kappa shape index (κ2) is 7.27. The largest absolute Gasteiger partial charge is 0.387 e. The van der Waals surface area contributed by atoms with E-state index in [2.05, 4.69) is 21.2 Å². The van der Waals surface area contributed by atoms with Crippen molar-refractivity contribution in [2.45, 2.75) is 38.2 Å². The van der Waals surface area contributed by atoms with E-state index in [1.54, 1.807) is 0 Å². The van der Waals surface area contributed by atoms with Crippen molar-refractivity contribution in [3.63, 3.8) is 0 Å². The molecule has 3 heteroatoms. The maximum Gasteiger partial charge on any atom is 0.0914 e. The molecule has 0 heterocycles. The topological polar surface area (TPSA) is 32.3 Å². The number of aliphatic hydroxyl groups excluding tert-OH is 1. The lowest BCUT2D eigenvalue weighted by Crippen LogP contribution is -2.28. The molecule has 1 fully saturated rings. The van der Waals surface area contributed by atoms with Crippen LogP contribution < -0.4 is 5.32 Å². The third kappa shape index (κ3) is 4.38. The Morgan fingerprint density at radius 3 is 2.78 bits per heavy atom. The molecule has 1 aromatic carbocycles. The van der Waals surface area contributed by atoms with Crippen molar-refractivity contribution in [2.24, 2.45) is 5.92 Å². The Morgan fingerprint density at radius 1 is 1.28 bits per heavy atom. The van der Waals surface area contributed by atoms with Gasteiger partial charge >= 0.3 is 0 Å². The monoisotopic (exact) mass is 311 g/mol. The lowest BCUT2D eigenvalue weighted by atomic mass is 9.89. The predicted octanol–water partition coefficient (Wildman–Crippen LogP) is 3.65. The minimum absolute atomic E-state index is 0.411. The minimum atomic E-state index is -0.411. The third-order valence-electron chi connectivity index (χ3n) is 3.73. The normalized spacial score (nSPS) is 18.8. The van der Waals surface area contributed by atoms with Crippen LogP contribution >= 0.6 is 15.9 Å². The first-order chi connectivity index (χ1) is 8.75. The number of hydrogen-bond donors (Lipinski definition) is 2.